The maximum absolute atomic E-state index is 11.7. The first kappa shape index (κ1) is 14.1. The molecule has 0 aromatic carbocycles. The van der Waals surface area contributed by atoms with E-state index in [1.54, 1.807) is 6.92 Å². The molecular weight excluding hydrogens is 284 g/mol. The van der Waals surface area contributed by atoms with Gasteiger partial charge in [-0.1, -0.05) is 11.8 Å². The highest BCUT2D eigenvalue weighted by Crippen LogP contribution is 2.19. The molecule has 0 aliphatic heterocycles. The van der Waals surface area contributed by atoms with Gasteiger partial charge in [0.05, 0.1) is 11.4 Å². The molecule has 0 saturated heterocycles. The molecule has 0 saturated carbocycles. The van der Waals surface area contributed by atoms with Crippen LogP contribution in [0.4, 0.5) is 4.79 Å². The number of imide groups is 1. The van der Waals surface area contributed by atoms with E-state index in [2.05, 4.69) is 30.8 Å². The molecule has 106 valence electrons. The number of carbonyl (C=O) groups excluding carboxylic acids is 2. The van der Waals surface area contributed by atoms with E-state index < -0.39 is 17.2 Å². The van der Waals surface area contributed by atoms with Crippen molar-refractivity contribution in [3.8, 4) is 0 Å². The van der Waals surface area contributed by atoms with Crippen molar-refractivity contribution in [3.63, 3.8) is 0 Å². The van der Waals surface area contributed by atoms with Gasteiger partial charge in [-0.15, -0.1) is 0 Å². The fourth-order valence-corrected chi connectivity index (χ4v) is 2.17. The second-order valence-electron chi connectivity index (χ2n) is 3.83. The molecule has 0 fully saturated rings. The number of urea groups is 1. The molecule has 20 heavy (non-hydrogen) atoms. The summed E-state index contributed by atoms with van der Waals surface area (Å²) in [7, 11) is 1.41. The zero-order valence-corrected chi connectivity index (χ0v) is 11.5. The van der Waals surface area contributed by atoms with E-state index in [1.165, 1.54) is 13.2 Å². The van der Waals surface area contributed by atoms with Crippen LogP contribution in [0.15, 0.2) is 16.1 Å². The number of nitrogens with one attached hydrogen (secondary N) is 4. The lowest BCUT2D eigenvalue weighted by Crippen LogP contribution is -2.41. The van der Waals surface area contributed by atoms with E-state index in [4.69, 9.17) is 0 Å². The summed E-state index contributed by atoms with van der Waals surface area (Å²) in [6, 6.07) is -0.590. The van der Waals surface area contributed by atoms with Crippen LogP contribution < -0.4 is 16.2 Å². The molecule has 4 N–H and O–H groups in total. The number of nitrogens with zero attached hydrogens (tertiary/aromatic N) is 2. The maximum Gasteiger partial charge on any atom is 0.321 e. The van der Waals surface area contributed by atoms with Crippen molar-refractivity contribution in [2.24, 2.45) is 0 Å². The molecule has 0 bridgehead atoms. The van der Waals surface area contributed by atoms with E-state index in [1.807, 2.05) is 0 Å². The lowest BCUT2D eigenvalue weighted by Gasteiger charge is -2.09. The van der Waals surface area contributed by atoms with E-state index in [0.29, 0.717) is 11.0 Å². The number of rotatable bonds is 3. The Bertz CT molecular complexity index is 708. The third-order valence-electron chi connectivity index (χ3n) is 2.42. The molecule has 0 aliphatic rings. The number of thioether (sulfide) groups is 1. The van der Waals surface area contributed by atoms with Crippen molar-refractivity contribution < 1.29 is 9.59 Å². The second-order valence-corrected chi connectivity index (χ2v) is 5.16. The lowest BCUT2D eigenvalue weighted by molar-refractivity contribution is -0.119. The molecular formula is C10H12N6O3S. The first-order valence-corrected chi connectivity index (χ1v) is 6.52. The van der Waals surface area contributed by atoms with Crippen molar-refractivity contribution in [2.75, 3.05) is 7.05 Å². The molecule has 0 spiro atoms. The zero-order chi connectivity index (χ0) is 14.7. The van der Waals surface area contributed by atoms with Crippen LogP contribution in [0.1, 0.15) is 6.92 Å². The lowest BCUT2D eigenvalue weighted by atomic mass is 10.4. The van der Waals surface area contributed by atoms with Crippen molar-refractivity contribution in [3.05, 3.63) is 16.6 Å². The van der Waals surface area contributed by atoms with Crippen molar-refractivity contribution >= 4 is 34.7 Å². The molecule has 2 heterocycles. The highest BCUT2D eigenvalue weighted by atomic mass is 32.2. The first-order chi connectivity index (χ1) is 9.51. The number of carbonyl (C=O) groups is 2. The van der Waals surface area contributed by atoms with Crippen LogP contribution in [-0.2, 0) is 4.79 Å². The topological polar surface area (TPSA) is 133 Å². The smallest absolute Gasteiger partial charge is 0.321 e. The number of hydrogen-bond acceptors (Lipinski definition) is 6. The largest absolute Gasteiger partial charge is 0.341 e. The van der Waals surface area contributed by atoms with Crippen LogP contribution in [0.2, 0.25) is 0 Å². The predicted octanol–water partition coefficient (Wildman–Crippen LogP) is -0.418. The Morgan fingerprint density at radius 1 is 1.45 bits per heavy atom. The Morgan fingerprint density at radius 3 is 2.90 bits per heavy atom. The number of H-pyrrole nitrogens is 2. The number of aromatic amines is 2. The van der Waals surface area contributed by atoms with Crippen molar-refractivity contribution in [1.82, 2.24) is 30.8 Å². The van der Waals surface area contributed by atoms with Gasteiger partial charge in [-0.05, 0) is 6.92 Å². The quantitative estimate of drug-likeness (QED) is 0.449. The Labute approximate surface area is 116 Å². The summed E-state index contributed by atoms with van der Waals surface area (Å²) in [6.07, 6.45) is 1.37. The van der Waals surface area contributed by atoms with Gasteiger partial charge in [-0.2, -0.15) is 5.10 Å². The second kappa shape index (κ2) is 5.74. The molecule has 2 aromatic rings. The standard InChI is InChI=1S/C10H12N6O3S/c1-4(7(17)14-9(19)11-2)20-10-13-6-5(3-12-16-6)8(18)15-10/h3-4H,1-2H3,(H2,11,14,17,19)(H2,12,13,15,16,18)/t4-/m0/s1. The predicted molar refractivity (Wildman–Crippen MR) is 72.4 cm³/mol. The van der Waals surface area contributed by atoms with Gasteiger partial charge in [0, 0.05) is 7.05 Å². The van der Waals surface area contributed by atoms with Crippen LogP contribution >= 0.6 is 11.8 Å². The Balaban J connectivity index is 2.13. The fraction of sp³-hybridized carbons (Fsp3) is 0.300. The number of amides is 3. The zero-order valence-electron chi connectivity index (χ0n) is 10.7. The summed E-state index contributed by atoms with van der Waals surface area (Å²) in [4.78, 5) is 41.1. The van der Waals surface area contributed by atoms with Gasteiger partial charge in [0.2, 0.25) is 5.91 Å². The molecule has 9 nitrogen and oxygen atoms in total. The molecule has 2 rings (SSSR count). The minimum atomic E-state index is -0.601. The van der Waals surface area contributed by atoms with E-state index >= 15 is 0 Å². The van der Waals surface area contributed by atoms with Gasteiger partial charge >= 0.3 is 6.03 Å². The van der Waals surface area contributed by atoms with Crippen molar-refractivity contribution in [2.45, 2.75) is 17.3 Å². The summed E-state index contributed by atoms with van der Waals surface area (Å²) in [5.41, 5.74) is 0.000295. The summed E-state index contributed by atoms with van der Waals surface area (Å²) in [5.74, 6) is -0.485. The van der Waals surface area contributed by atoms with Gasteiger partial charge in [-0.25, -0.2) is 9.78 Å². The average molecular weight is 296 g/mol. The highest BCUT2D eigenvalue weighted by Gasteiger charge is 2.18. The number of hydrogen-bond donors (Lipinski definition) is 4. The Morgan fingerprint density at radius 2 is 2.20 bits per heavy atom. The van der Waals surface area contributed by atoms with Gasteiger partial charge in [0.15, 0.2) is 10.8 Å². The van der Waals surface area contributed by atoms with Gasteiger partial charge in [0.1, 0.15) is 5.39 Å². The van der Waals surface area contributed by atoms with Gasteiger partial charge in [0.25, 0.3) is 5.56 Å². The van der Waals surface area contributed by atoms with Crippen LogP contribution in [0.5, 0.6) is 0 Å². The van der Waals surface area contributed by atoms with Crippen molar-refractivity contribution in [1.29, 1.82) is 0 Å². The molecule has 10 heteroatoms. The SMILES string of the molecule is CNC(=O)NC(=O)[C@H](C)Sc1nc2[nH]ncc2c(=O)[nH]1. The van der Waals surface area contributed by atoms with E-state index in [9.17, 15) is 14.4 Å². The summed E-state index contributed by atoms with van der Waals surface area (Å²) in [5, 5.41) is 10.7. The minimum absolute atomic E-state index is 0.270. The minimum Gasteiger partial charge on any atom is -0.341 e. The Kier molecular flexibility index (Phi) is 4.03. The highest BCUT2D eigenvalue weighted by molar-refractivity contribution is 8.00. The molecule has 1 atom stereocenters. The van der Waals surface area contributed by atoms with Crippen LogP contribution in [0.3, 0.4) is 0 Å². The molecule has 3 amide bonds. The van der Waals surface area contributed by atoms with Crippen LogP contribution in [-0.4, -0.2) is 44.4 Å². The summed E-state index contributed by atoms with van der Waals surface area (Å²) < 4.78 is 0. The normalized spacial score (nSPS) is 12.1. The average Bonchev–Trinajstić information content (AvgIpc) is 2.87. The first-order valence-electron chi connectivity index (χ1n) is 5.64. The third-order valence-corrected chi connectivity index (χ3v) is 3.40. The van der Waals surface area contributed by atoms with Gasteiger partial charge in [-0.3, -0.25) is 20.0 Å². The maximum atomic E-state index is 11.7. The summed E-state index contributed by atoms with van der Waals surface area (Å²) in [6.45, 7) is 1.60. The fourth-order valence-electron chi connectivity index (χ4n) is 1.38. The van der Waals surface area contributed by atoms with Crippen LogP contribution in [0, 0.1) is 0 Å². The van der Waals surface area contributed by atoms with E-state index in [-0.39, 0.29) is 10.7 Å². The Hall–Kier alpha value is -2.36. The summed E-state index contributed by atoms with van der Waals surface area (Å²) >= 11 is 1.03. The van der Waals surface area contributed by atoms with Gasteiger partial charge < -0.3 is 10.3 Å². The molecule has 0 unspecified atom stereocenters. The number of fused-ring (bicyclic) bond motifs is 1. The molecule has 0 radical (unpaired) electrons. The monoisotopic (exact) mass is 296 g/mol. The molecule has 2 aromatic heterocycles. The van der Waals surface area contributed by atoms with Crippen LogP contribution in [0.25, 0.3) is 11.0 Å². The number of aromatic nitrogens is 4. The molecule has 0 aliphatic carbocycles. The third kappa shape index (κ3) is 2.96. The van der Waals surface area contributed by atoms with E-state index in [0.717, 1.165) is 11.8 Å².